The minimum Gasteiger partial charge on any atom is -0.296 e. The second-order valence-electron chi connectivity index (χ2n) is 7.64. The molecule has 0 N–H and O–H groups in total. The molecule has 2 aliphatic carbocycles. The van der Waals surface area contributed by atoms with Gasteiger partial charge < -0.3 is 0 Å². The topological polar surface area (TPSA) is 21.7 Å². The summed E-state index contributed by atoms with van der Waals surface area (Å²) in [5, 5.41) is 0. The van der Waals surface area contributed by atoms with Gasteiger partial charge in [-0.2, -0.15) is 0 Å². The Balaban J connectivity index is 1.48. The Morgan fingerprint density at radius 1 is 1.23 bits per heavy atom. The van der Waals surface area contributed by atoms with Crippen molar-refractivity contribution in [2.24, 2.45) is 16.7 Å². The molecule has 3 fully saturated rings. The van der Waals surface area contributed by atoms with E-state index in [1.54, 1.807) is 0 Å². The van der Waals surface area contributed by atoms with E-state index in [9.17, 15) is 0 Å². The number of nitrogens with zero attached hydrogens (tertiary/aromatic N) is 1. The fourth-order valence-electron chi connectivity index (χ4n) is 5.09. The van der Waals surface area contributed by atoms with E-state index >= 15 is 0 Å². The lowest BCUT2D eigenvalue weighted by atomic mass is 9.53. The lowest BCUT2D eigenvalue weighted by Crippen LogP contribution is -2.51. The highest BCUT2D eigenvalue weighted by atomic mass is 17.2. The summed E-state index contributed by atoms with van der Waals surface area (Å²) >= 11 is 0. The highest BCUT2D eigenvalue weighted by molar-refractivity contribution is 5.24. The van der Waals surface area contributed by atoms with Crippen molar-refractivity contribution >= 4 is 0 Å². The molecule has 120 valence electrons. The summed E-state index contributed by atoms with van der Waals surface area (Å²) in [6.45, 7) is 8.11. The van der Waals surface area contributed by atoms with Crippen molar-refractivity contribution in [2.45, 2.75) is 39.2 Å². The molecule has 2 saturated carbocycles. The number of hydrogen-bond donors (Lipinski definition) is 0. The monoisotopic (exact) mass is 301 g/mol. The van der Waals surface area contributed by atoms with Gasteiger partial charge in [-0.05, 0) is 50.0 Å². The number of likely N-dealkylation sites (tertiary alicyclic amines) is 1. The molecule has 1 spiro atoms. The molecule has 3 aliphatic rings. The van der Waals surface area contributed by atoms with Gasteiger partial charge in [0.1, 0.15) is 0 Å². The molecule has 1 aromatic carbocycles. The number of rotatable bonds is 6. The molecule has 0 aromatic heterocycles. The van der Waals surface area contributed by atoms with E-state index in [-0.39, 0.29) is 0 Å². The number of fused-ring (bicyclic) bond motifs is 2. The highest BCUT2D eigenvalue weighted by Gasteiger charge is 2.71. The molecule has 1 heterocycles. The van der Waals surface area contributed by atoms with Gasteiger partial charge in [0.15, 0.2) is 0 Å². The summed E-state index contributed by atoms with van der Waals surface area (Å²) in [7, 11) is 0. The third kappa shape index (κ3) is 2.22. The summed E-state index contributed by atoms with van der Waals surface area (Å²) in [5.74, 6) is 0.812. The highest BCUT2D eigenvalue weighted by Crippen LogP contribution is 2.74. The second-order valence-corrected chi connectivity index (χ2v) is 7.64. The van der Waals surface area contributed by atoms with Crippen molar-refractivity contribution < 1.29 is 9.78 Å². The number of hydrogen-bond acceptors (Lipinski definition) is 3. The predicted octanol–water partition coefficient (Wildman–Crippen LogP) is 3.82. The molecule has 3 atom stereocenters. The van der Waals surface area contributed by atoms with Crippen LogP contribution in [0.15, 0.2) is 30.3 Å². The molecule has 22 heavy (non-hydrogen) atoms. The average Bonchev–Trinajstić information content (AvgIpc) is 3.27. The second kappa shape index (κ2) is 5.33. The van der Waals surface area contributed by atoms with Crippen LogP contribution in [0.5, 0.6) is 0 Å². The van der Waals surface area contributed by atoms with E-state index in [0.29, 0.717) is 23.5 Å². The van der Waals surface area contributed by atoms with Crippen molar-refractivity contribution in [2.75, 3.05) is 26.3 Å². The molecule has 0 unspecified atom stereocenters. The van der Waals surface area contributed by atoms with E-state index in [1.807, 2.05) is 6.92 Å². The van der Waals surface area contributed by atoms with Crippen LogP contribution in [-0.4, -0.2) is 31.2 Å². The molecule has 0 radical (unpaired) electrons. The Morgan fingerprint density at radius 3 is 2.68 bits per heavy atom. The van der Waals surface area contributed by atoms with Gasteiger partial charge in [-0.25, -0.2) is 9.78 Å². The lowest BCUT2D eigenvalue weighted by molar-refractivity contribution is -0.319. The fraction of sp³-hybridized carbons (Fsp3) is 0.684. The zero-order valence-corrected chi connectivity index (χ0v) is 13.8. The summed E-state index contributed by atoms with van der Waals surface area (Å²) in [6.07, 6.45) is 4.21. The molecule has 3 nitrogen and oxygen atoms in total. The van der Waals surface area contributed by atoms with Crippen molar-refractivity contribution in [1.29, 1.82) is 0 Å². The van der Waals surface area contributed by atoms with Crippen LogP contribution in [0.1, 0.15) is 44.7 Å². The van der Waals surface area contributed by atoms with Crippen LogP contribution in [0.3, 0.4) is 0 Å². The lowest BCUT2D eigenvalue weighted by Gasteiger charge is -2.51. The summed E-state index contributed by atoms with van der Waals surface area (Å²) < 4.78 is 0. The molecule has 1 aromatic rings. The molecule has 4 rings (SSSR count). The zero-order valence-electron chi connectivity index (χ0n) is 13.8. The van der Waals surface area contributed by atoms with Crippen molar-refractivity contribution in [3.05, 3.63) is 35.9 Å². The molecule has 3 heteroatoms. The first-order chi connectivity index (χ1) is 10.7. The van der Waals surface area contributed by atoms with E-state index < -0.39 is 0 Å². The molecule has 0 bridgehead atoms. The zero-order chi connectivity index (χ0) is 15.2. The van der Waals surface area contributed by atoms with Gasteiger partial charge in [0, 0.05) is 24.5 Å². The first-order valence-electron chi connectivity index (χ1n) is 8.73. The Bertz CT molecular complexity index is 527. The molecule has 1 aliphatic heterocycles. The summed E-state index contributed by atoms with van der Waals surface area (Å²) in [5.41, 5.74) is 2.43. The standard InChI is InChI=1S/C19H27NO2/c1-3-21-22-14-19-12-18(9-10-18)17(19)11-20(13-19)15(2)16-7-5-4-6-8-16/h4-8,15,17H,3,9-14H2,1-2H3/t15-,17-,19-/m0/s1. The van der Waals surface area contributed by atoms with Crippen LogP contribution in [0, 0.1) is 16.7 Å². The van der Waals surface area contributed by atoms with Gasteiger partial charge in [-0.15, -0.1) is 0 Å². The van der Waals surface area contributed by atoms with Crippen LogP contribution in [0.2, 0.25) is 0 Å². The fourth-order valence-corrected chi connectivity index (χ4v) is 5.09. The maximum Gasteiger partial charge on any atom is 0.0894 e. The summed E-state index contributed by atoms with van der Waals surface area (Å²) in [4.78, 5) is 13.4. The Hall–Kier alpha value is -0.900. The first kappa shape index (κ1) is 14.7. The van der Waals surface area contributed by atoms with Crippen LogP contribution in [-0.2, 0) is 9.78 Å². The minimum absolute atomic E-state index is 0.342. The van der Waals surface area contributed by atoms with Crippen molar-refractivity contribution in [3.8, 4) is 0 Å². The van der Waals surface area contributed by atoms with Crippen LogP contribution in [0.25, 0.3) is 0 Å². The van der Waals surface area contributed by atoms with E-state index in [4.69, 9.17) is 9.78 Å². The van der Waals surface area contributed by atoms with E-state index in [1.165, 1.54) is 31.4 Å². The third-order valence-electron chi connectivity index (χ3n) is 6.39. The summed E-state index contributed by atoms with van der Waals surface area (Å²) in [6, 6.07) is 11.4. The SMILES string of the molecule is CCOOC[C@]12CN([C@@H](C)c3ccccc3)C[C@H]1C1(CC1)C2. The van der Waals surface area contributed by atoms with Gasteiger partial charge >= 0.3 is 0 Å². The molecule has 1 saturated heterocycles. The Labute approximate surface area is 133 Å². The first-order valence-corrected chi connectivity index (χ1v) is 8.73. The maximum atomic E-state index is 5.52. The largest absolute Gasteiger partial charge is 0.296 e. The van der Waals surface area contributed by atoms with Crippen LogP contribution in [0.4, 0.5) is 0 Å². The van der Waals surface area contributed by atoms with E-state index in [0.717, 1.165) is 19.1 Å². The Morgan fingerprint density at radius 2 is 2.00 bits per heavy atom. The van der Waals surface area contributed by atoms with Gasteiger partial charge in [0.2, 0.25) is 0 Å². The van der Waals surface area contributed by atoms with Gasteiger partial charge in [0.05, 0.1) is 13.2 Å². The van der Waals surface area contributed by atoms with Gasteiger partial charge in [0.25, 0.3) is 0 Å². The number of benzene rings is 1. The molecule has 0 amide bonds. The van der Waals surface area contributed by atoms with Gasteiger partial charge in [-0.3, -0.25) is 4.90 Å². The van der Waals surface area contributed by atoms with Crippen molar-refractivity contribution in [1.82, 2.24) is 4.90 Å². The average molecular weight is 301 g/mol. The minimum atomic E-state index is 0.342. The third-order valence-corrected chi connectivity index (χ3v) is 6.39. The predicted molar refractivity (Wildman–Crippen MR) is 86.2 cm³/mol. The van der Waals surface area contributed by atoms with Gasteiger partial charge in [-0.1, -0.05) is 30.3 Å². The van der Waals surface area contributed by atoms with Crippen LogP contribution < -0.4 is 0 Å². The normalized spacial score (nSPS) is 33.5. The Kier molecular flexibility index (Phi) is 3.55. The smallest absolute Gasteiger partial charge is 0.0894 e. The molecular formula is C19H27NO2. The van der Waals surface area contributed by atoms with Crippen molar-refractivity contribution in [3.63, 3.8) is 0 Å². The van der Waals surface area contributed by atoms with E-state index in [2.05, 4.69) is 42.2 Å². The molecular weight excluding hydrogens is 274 g/mol. The maximum absolute atomic E-state index is 5.52. The van der Waals surface area contributed by atoms with Crippen LogP contribution >= 0.6 is 0 Å². The quantitative estimate of drug-likeness (QED) is 0.453.